The van der Waals surface area contributed by atoms with Gasteiger partial charge in [0.05, 0.1) is 5.60 Å². The van der Waals surface area contributed by atoms with Crippen LogP contribution in [0.2, 0.25) is 0 Å². The molecule has 1 aromatic rings. The molecule has 26 heavy (non-hydrogen) atoms. The van der Waals surface area contributed by atoms with Gasteiger partial charge in [0, 0.05) is 12.7 Å². The van der Waals surface area contributed by atoms with Crippen molar-refractivity contribution in [1.29, 1.82) is 0 Å². The average molecular weight is 373 g/mol. The van der Waals surface area contributed by atoms with Crippen LogP contribution in [0.3, 0.4) is 0 Å². The molecule has 1 aromatic heterocycles. The minimum absolute atomic E-state index is 0.239. The number of carboxylic acids is 1. The van der Waals surface area contributed by atoms with E-state index < -0.39 is 29.0 Å². The molecule has 2 saturated carbocycles. The van der Waals surface area contributed by atoms with E-state index in [0.717, 1.165) is 38.5 Å². The summed E-state index contributed by atoms with van der Waals surface area (Å²) in [6.45, 7) is 0.372. The van der Waals surface area contributed by atoms with Crippen LogP contribution in [0, 0.1) is 11.8 Å². The van der Waals surface area contributed by atoms with Crippen LogP contribution in [0.4, 0.5) is 19.1 Å². The lowest BCUT2D eigenvalue weighted by Crippen LogP contribution is -2.42. The zero-order valence-electron chi connectivity index (χ0n) is 14.2. The smallest absolute Gasteiger partial charge is 0.434 e. The molecule has 3 unspecified atom stereocenters. The number of aliphatic hydroxyl groups is 1. The van der Waals surface area contributed by atoms with Crippen LogP contribution in [0.25, 0.3) is 0 Å². The van der Waals surface area contributed by atoms with Crippen molar-refractivity contribution >= 4 is 11.9 Å². The summed E-state index contributed by atoms with van der Waals surface area (Å²) < 4.78 is 38.9. The Hall–Kier alpha value is -1.90. The first-order valence-electron chi connectivity index (χ1n) is 8.80. The van der Waals surface area contributed by atoms with Crippen LogP contribution >= 0.6 is 0 Å². The van der Waals surface area contributed by atoms with Gasteiger partial charge in [-0.25, -0.2) is 14.8 Å². The van der Waals surface area contributed by atoms with Gasteiger partial charge in [-0.05, 0) is 43.9 Å². The Morgan fingerprint density at radius 3 is 2.81 bits per heavy atom. The summed E-state index contributed by atoms with van der Waals surface area (Å²) in [6, 6.07) is 0. The summed E-state index contributed by atoms with van der Waals surface area (Å²) in [5, 5.41) is 22.2. The van der Waals surface area contributed by atoms with Crippen molar-refractivity contribution in [3.63, 3.8) is 0 Å². The third kappa shape index (κ3) is 4.25. The lowest BCUT2D eigenvalue weighted by molar-refractivity contribution is -0.141. The standard InChI is InChI=1S/C17H22F3N3O3/c18-17(19,20)13-12(14(24)25)9-22-15(23-13)21-5-3-11-6-10-2-1-4-16(26,7-10)8-11/h9-11,26H,1-8H2,(H,24,25)(H,21,22,23). The monoisotopic (exact) mass is 373 g/mol. The minimum atomic E-state index is -4.86. The molecule has 0 spiro atoms. The molecule has 0 amide bonds. The fourth-order valence-corrected chi connectivity index (χ4v) is 4.39. The number of anilines is 1. The van der Waals surface area contributed by atoms with E-state index in [1.807, 2.05) is 0 Å². The highest BCUT2D eigenvalue weighted by atomic mass is 19.4. The van der Waals surface area contributed by atoms with Gasteiger partial charge < -0.3 is 15.5 Å². The van der Waals surface area contributed by atoms with E-state index in [4.69, 9.17) is 5.11 Å². The van der Waals surface area contributed by atoms with Crippen molar-refractivity contribution in [1.82, 2.24) is 9.97 Å². The number of nitrogens with one attached hydrogen (secondary N) is 1. The normalized spacial score (nSPS) is 28.6. The summed E-state index contributed by atoms with van der Waals surface area (Å²) in [7, 11) is 0. The highest BCUT2D eigenvalue weighted by molar-refractivity contribution is 5.88. The zero-order valence-corrected chi connectivity index (χ0v) is 14.2. The maximum Gasteiger partial charge on any atom is 0.434 e. The van der Waals surface area contributed by atoms with Crippen molar-refractivity contribution in [3.05, 3.63) is 17.5 Å². The van der Waals surface area contributed by atoms with Crippen LogP contribution in [0.15, 0.2) is 6.20 Å². The third-order valence-corrected chi connectivity index (χ3v) is 5.38. The first-order valence-corrected chi connectivity index (χ1v) is 8.80. The number of nitrogens with zero attached hydrogens (tertiary/aromatic N) is 2. The fourth-order valence-electron chi connectivity index (χ4n) is 4.39. The Morgan fingerprint density at radius 2 is 2.15 bits per heavy atom. The largest absolute Gasteiger partial charge is 0.478 e. The molecule has 2 fully saturated rings. The van der Waals surface area contributed by atoms with Crippen LogP contribution < -0.4 is 5.32 Å². The summed E-state index contributed by atoms with van der Waals surface area (Å²) in [4.78, 5) is 17.9. The molecule has 3 rings (SSSR count). The number of rotatable bonds is 5. The molecule has 0 aliphatic heterocycles. The molecule has 0 saturated heterocycles. The Bertz CT molecular complexity index is 683. The van der Waals surface area contributed by atoms with Crippen molar-refractivity contribution in [3.8, 4) is 0 Å². The lowest BCUT2D eigenvalue weighted by Gasteiger charge is -2.45. The second-order valence-corrected chi connectivity index (χ2v) is 7.47. The van der Waals surface area contributed by atoms with Crippen LogP contribution in [0.5, 0.6) is 0 Å². The van der Waals surface area contributed by atoms with Gasteiger partial charge in [-0.15, -0.1) is 0 Å². The summed E-state index contributed by atoms with van der Waals surface area (Å²) >= 11 is 0. The SMILES string of the molecule is O=C(O)c1cnc(NCCC2CC3CCCC(O)(C3)C2)nc1C(F)(F)F. The molecule has 2 aliphatic carbocycles. The third-order valence-electron chi connectivity index (χ3n) is 5.38. The lowest BCUT2D eigenvalue weighted by atomic mass is 9.65. The first kappa shape index (κ1) is 18.9. The van der Waals surface area contributed by atoms with E-state index in [9.17, 15) is 23.1 Å². The van der Waals surface area contributed by atoms with Gasteiger partial charge in [0.25, 0.3) is 0 Å². The van der Waals surface area contributed by atoms with Crippen LogP contribution in [-0.4, -0.2) is 38.3 Å². The van der Waals surface area contributed by atoms with Gasteiger partial charge in [0.15, 0.2) is 5.69 Å². The highest BCUT2D eigenvalue weighted by Gasteiger charge is 2.41. The Labute approximate surface area is 148 Å². The van der Waals surface area contributed by atoms with Crippen molar-refractivity contribution in [2.75, 3.05) is 11.9 Å². The number of fused-ring (bicyclic) bond motifs is 2. The summed E-state index contributed by atoms with van der Waals surface area (Å²) in [5.41, 5.74) is -3.01. The number of carboxylic acid groups (broad SMARTS) is 1. The minimum Gasteiger partial charge on any atom is -0.478 e. The highest BCUT2D eigenvalue weighted by Crippen LogP contribution is 2.46. The van der Waals surface area contributed by atoms with E-state index in [1.54, 1.807) is 0 Å². The molecule has 144 valence electrons. The average Bonchev–Trinajstić information content (AvgIpc) is 2.52. The van der Waals surface area contributed by atoms with E-state index in [-0.39, 0.29) is 5.95 Å². The van der Waals surface area contributed by atoms with Gasteiger partial charge in [0.2, 0.25) is 5.95 Å². The number of aromatic carboxylic acids is 1. The van der Waals surface area contributed by atoms with Crippen molar-refractivity contribution < 1.29 is 28.2 Å². The number of hydrogen-bond acceptors (Lipinski definition) is 5. The van der Waals surface area contributed by atoms with Crippen molar-refractivity contribution in [2.24, 2.45) is 11.8 Å². The molecule has 3 N–H and O–H groups in total. The molecule has 0 aromatic carbocycles. The van der Waals surface area contributed by atoms with E-state index in [0.29, 0.717) is 31.0 Å². The summed E-state index contributed by atoms with van der Waals surface area (Å²) in [6.07, 6.45) is 2.11. The first-order chi connectivity index (χ1) is 12.2. The van der Waals surface area contributed by atoms with Crippen LogP contribution in [-0.2, 0) is 6.18 Å². The topological polar surface area (TPSA) is 95.3 Å². The Balaban J connectivity index is 1.61. The maximum atomic E-state index is 13.0. The number of halogens is 3. The molecule has 1 heterocycles. The molecular weight excluding hydrogens is 351 g/mol. The van der Waals surface area contributed by atoms with Gasteiger partial charge in [0.1, 0.15) is 5.56 Å². The Morgan fingerprint density at radius 1 is 1.38 bits per heavy atom. The predicted molar refractivity (Wildman–Crippen MR) is 86.7 cm³/mol. The fraction of sp³-hybridized carbons (Fsp3) is 0.706. The zero-order chi connectivity index (χ0) is 18.9. The number of aromatic nitrogens is 2. The number of hydrogen-bond donors (Lipinski definition) is 3. The maximum absolute atomic E-state index is 13.0. The van der Waals surface area contributed by atoms with E-state index in [2.05, 4.69) is 15.3 Å². The van der Waals surface area contributed by atoms with Gasteiger partial charge in [-0.2, -0.15) is 13.2 Å². The predicted octanol–water partition coefficient (Wildman–Crippen LogP) is 3.33. The van der Waals surface area contributed by atoms with Gasteiger partial charge in [-0.1, -0.05) is 12.8 Å². The number of alkyl halides is 3. The van der Waals surface area contributed by atoms with Crippen molar-refractivity contribution in [2.45, 2.75) is 56.7 Å². The second kappa shape index (κ2) is 7.02. The van der Waals surface area contributed by atoms with E-state index in [1.165, 1.54) is 0 Å². The molecule has 2 bridgehead atoms. The van der Waals surface area contributed by atoms with Gasteiger partial charge >= 0.3 is 12.1 Å². The number of carbonyl (C=O) groups is 1. The van der Waals surface area contributed by atoms with Gasteiger partial charge in [-0.3, -0.25) is 0 Å². The quantitative estimate of drug-likeness (QED) is 0.733. The molecule has 2 aliphatic rings. The Kier molecular flexibility index (Phi) is 5.09. The molecule has 0 radical (unpaired) electrons. The second-order valence-electron chi connectivity index (χ2n) is 7.47. The molecule has 3 atom stereocenters. The summed E-state index contributed by atoms with van der Waals surface area (Å²) in [5.74, 6) is -1.12. The van der Waals surface area contributed by atoms with E-state index >= 15 is 0 Å². The van der Waals surface area contributed by atoms with Crippen LogP contribution in [0.1, 0.15) is 61.0 Å². The molecule has 9 heteroatoms. The molecular formula is C17H22F3N3O3. The molecule has 6 nitrogen and oxygen atoms in total.